The molecule has 0 bridgehead atoms. The first-order valence-corrected chi connectivity index (χ1v) is 11.4. The van der Waals surface area contributed by atoms with Crippen LogP contribution in [0.5, 0.6) is 5.75 Å². The highest BCUT2D eigenvalue weighted by molar-refractivity contribution is 7.07. The molecular weight excluding hydrogens is 446 g/mol. The number of carbonyl (C=O) groups is 1. The summed E-state index contributed by atoms with van der Waals surface area (Å²) < 4.78 is 7.53. The summed E-state index contributed by atoms with van der Waals surface area (Å²) in [6.07, 6.45) is 1.76. The van der Waals surface area contributed by atoms with Crippen molar-refractivity contribution in [1.82, 2.24) is 4.57 Å². The van der Waals surface area contributed by atoms with E-state index in [1.165, 1.54) is 4.57 Å². The Bertz CT molecular complexity index is 1510. The highest BCUT2D eigenvalue weighted by atomic mass is 32.1. The largest absolute Gasteiger partial charge is 0.494 e. The van der Waals surface area contributed by atoms with E-state index in [9.17, 15) is 14.9 Å². The summed E-state index contributed by atoms with van der Waals surface area (Å²) in [5.74, 6) is 0.0890. The van der Waals surface area contributed by atoms with E-state index in [0.717, 1.165) is 16.9 Å². The minimum atomic E-state index is -0.594. The van der Waals surface area contributed by atoms with Crippen molar-refractivity contribution in [3.8, 4) is 17.5 Å². The highest BCUT2D eigenvalue weighted by Gasteiger charge is 2.17. The third-order valence-electron chi connectivity index (χ3n) is 4.91. The van der Waals surface area contributed by atoms with Gasteiger partial charge in [0.05, 0.1) is 16.8 Å². The summed E-state index contributed by atoms with van der Waals surface area (Å²) >= 11 is 1.11. The topological polar surface area (TPSA) is 84.1 Å². The van der Waals surface area contributed by atoms with Gasteiger partial charge in [0.2, 0.25) is 0 Å². The molecule has 0 saturated heterocycles. The van der Waals surface area contributed by atoms with Crippen molar-refractivity contribution in [2.75, 3.05) is 11.9 Å². The number of para-hydroxylation sites is 1. The van der Waals surface area contributed by atoms with Crippen molar-refractivity contribution in [2.24, 2.45) is 0 Å². The van der Waals surface area contributed by atoms with Crippen molar-refractivity contribution in [3.63, 3.8) is 0 Å². The van der Waals surface area contributed by atoms with E-state index in [4.69, 9.17) is 4.74 Å². The van der Waals surface area contributed by atoms with Crippen LogP contribution in [-0.2, 0) is 4.79 Å². The van der Waals surface area contributed by atoms with Gasteiger partial charge in [0.1, 0.15) is 16.5 Å². The number of rotatable bonds is 6. The summed E-state index contributed by atoms with van der Waals surface area (Å²) in [5.41, 5.74) is 1.50. The van der Waals surface area contributed by atoms with Crippen LogP contribution in [-0.4, -0.2) is 17.1 Å². The lowest BCUT2D eigenvalue weighted by Crippen LogP contribution is -2.32. The fourth-order valence-electron chi connectivity index (χ4n) is 3.35. The van der Waals surface area contributed by atoms with Gasteiger partial charge in [0.15, 0.2) is 5.57 Å². The van der Waals surface area contributed by atoms with Crippen LogP contribution < -0.4 is 24.8 Å². The van der Waals surface area contributed by atoms with E-state index >= 15 is 0 Å². The molecule has 6 nitrogen and oxygen atoms in total. The van der Waals surface area contributed by atoms with Gasteiger partial charge in [-0.2, -0.15) is 5.26 Å². The summed E-state index contributed by atoms with van der Waals surface area (Å²) in [4.78, 5) is 26.5. The minimum absolute atomic E-state index is 0.146. The third-order valence-corrected chi connectivity index (χ3v) is 6.00. The molecule has 1 heterocycles. The summed E-state index contributed by atoms with van der Waals surface area (Å²) in [6.45, 7) is 2.43. The zero-order chi connectivity index (χ0) is 23.9. The number of hydrogen-bond donors (Lipinski definition) is 1. The molecule has 4 aromatic rings. The normalized spacial score (nSPS) is 12.1. The lowest BCUT2D eigenvalue weighted by Gasteiger charge is -2.07. The molecule has 7 heteroatoms. The fraction of sp³-hybridized carbons (Fsp3) is 0.0741. The van der Waals surface area contributed by atoms with Crippen molar-refractivity contribution in [3.05, 3.63) is 110 Å². The van der Waals surface area contributed by atoms with Gasteiger partial charge in [-0.3, -0.25) is 14.2 Å². The molecular formula is C27H21N3O3S. The maximum Gasteiger partial charge on any atom is 0.273 e. The predicted molar refractivity (Wildman–Crippen MR) is 134 cm³/mol. The molecule has 0 saturated carbocycles. The number of carbonyl (C=O) groups excluding carboxylic acids is 1. The van der Waals surface area contributed by atoms with Gasteiger partial charge in [-0.15, -0.1) is 11.3 Å². The number of nitriles is 1. The molecule has 0 radical (unpaired) electrons. The van der Waals surface area contributed by atoms with Gasteiger partial charge in [-0.1, -0.05) is 48.5 Å². The molecule has 0 unspecified atom stereocenters. The molecule has 1 N–H and O–H groups in total. The molecule has 0 spiro atoms. The van der Waals surface area contributed by atoms with Crippen LogP contribution in [0.15, 0.2) is 89.7 Å². The predicted octanol–water partition coefficient (Wildman–Crippen LogP) is 3.44. The Morgan fingerprint density at radius 1 is 1.03 bits per heavy atom. The van der Waals surface area contributed by atoms with Crippen molar-refractivity contribution in [2.45, 2.75) is 6.92 Å². The van der Waals surface area contributed by atoms with Gasteiger partial charge < -0.3 is 10.1 Å². The Balaban J connectivity index is 1.86. The Labute approximate surface area is 200 Å². The first kappa shape index (κ1) is 22.8. The highest BCUT2D eigenvalue weighted by Crippen LogP contribution is 2.16. The monoisotopic (exact) mass is 467 g/mol. The van der Waals surface area contributed by atoms with Crippen molar-refractivity contribution >= 4 is 34.6 Å². The number of aromatic nitrogens is 1. The van der Waals surface area contributed by atoms with E-state index in [-0.39, 0.29) is 15.8 Å². The van der Waals surface area contributed by atoms with Crippen molar-refractivity contribution in [1.29, 1.82) is 5.26 Å². The number of ether oxygens (including phenoxy) is 1. The maximum absolute atomic E-state index is 13.4. The number of nitrogens with zero attached hydrogens (tertiary/aromatic N) is 2. The Hall–Kier alpha value is -4.41. The zero-order valence-corrected chi connectivity index (χ0v) is 19.2. The fourth-order valence-corrected chi connectivity index (χ4v) is 4.45. The average Bonchev–Trinajstić information content (AvgIpc) is 3.17. The molecule has 4 rings (SSSR count). The Kier molecular flexibility index (Phi) is 7.01. The van der Waals surface area contributed by atoms with Gasteiger partial charge in [-0.05, 0) is 55.0 Å². The van der Waals surface area contributed by atoms with Crippen LogP contribution in [0, 0.1) is 11.3 Å². The quantitative estimate of drug-likeness (QED) is 0.471. The third kappa shape index (κ3) is 4.98. The standard InChI is InChI=1S/C27H21N3O3S/c1-2-33-22-15-13-20(14-16-22)29-25(31)23(18-28)27-30(21-11-7-4-8-12-21)26(32)24(34-27)17-19-9-5-3-6-10-19/h3-17H,2H2,1H3,(H,29,31)/b24-17+,27-23-. The van der Waals surface area contributed by atoms with Crippen LogP contribution in [0.4, 0.5) is 5.69 Å². The first-order chi connectivity index (χ1) is 16.6. The number of amides is 1. The Morgan fingerprint density at radius 2 is 1.68 bits per heavy atom. The van der Waals surface area contributed by atoms with Gasteiger partial charge in [0, 0.05) is 5.69 Å². The van der Waals surface area contributed by atoms with Gasteiger partial charge in [-0.25, -0.2) is 0 Å². The molecule has 1 aromatic heterocycles. The van der Waals surface area contributed by atoms with E-state index in [0.29, 0.717) is 28.3 Å². The van der Waals surface area contributed by atoms with Crippen LogP contribution >= 0.6 is 11.3 Å². The average molecular weight is 468 g/mol. The van der Waals surface area contributed by atoms with Crippen molar-refractivity contribution < 1.29 is 9.53 Å². The molecule has 1 amide bonds. The first-order valence-electron chi connectivity index (χ1n) is 10.6. The second kappa shape index (κ2) is 10.5. The molecule has 0 fully saturated rings. The molecule has 168 valence electrons. The summed E-state index contributed by atoms with van der Waals surface area (Å²) in [7, 11) is 0. The van der Waals surface area contributed by atoms with Gasteiger partial charge >= 0.3 is 0 Å². The Morgan fingerprint density at radius 3 is 2.29 bits per heavy atom. The van der Waals surface area contributed by atoms with Crippen LogP contribution in [0.3, 0.4) is 0 Å². The smallest absolute Gasteiger partial charge is 0.273 e. The maximum atomic E-state index is 13.4. The lowest BCUT2D eigenvalue weighted by atomic mass is 10.2. The lowest BCUT2D eigenvalue weighted by molar-refractivity contribution is -0.111. The second-order valence-corrected chi connectivity index (χ2v) is 8.23. The van der Waals surface area contributed by atoms with Crippen LogP contribution in [0.2, 0.25) is 0 Å². The summed E-state index contributed by atoms with van der Waals surface area (Å²) in [6, 6.07) is 27.3. The van der Waals surface area contributed by atoms with E-state index in [1.54, 1.807) is 54.6 Å². The molecule has 3 aromatic carbocycles. The molecule has 0 atom stereocenters. The number of thiazole rings is 1. The number of nitrogens with one attached hydrogen (secondary N) is 1. The number of benzene rings is 3. The molecule has 0 aliphatic rings. The summed E-state index contributed by atoms with van der Waals surface area (Å²) in [5, 5.41) is 12.7. The molecule has 34 heavy (non-hydrogen) atoms. The van der Waals surface area contributed by atoms with Crippen LogP contribution in [0.25, 0.3) is 17.3 Å². The second-order valence-electron chi connectivity index (χ2n) is 7.20. The van der Waals surface area contributed by atoms with Gasteiger partial charge in [0.25, 0.3) is 11.5 Å². The van der Waals surface area contributed by atoms with E-state index in [1.807, 2.05) is 49.4 Å². The zero-order valence-electron chi connectivity index (χ0n) is 18.4. The minimum Gasteiger partial charge on any atom is -0.494 e. The molecule has 0 aliphatic carbocycles. The number of hydrogen-bond acceptors (Lipinski definition) is 5. The van der Waals surface area contributed by atoms with Crippen LogP contribution in [0.1, 0.15) is 12.5 Å². The van der Waals surface area contributed by atoms with E-state index < -0.39 is 5.91 Å². The van der Waals surface area contributed by atoms with E-state index in [2.05, 4.69) is 5.32 Å². The molecule has 0 aliphatic heterocycles. The number of anilines is 1. The SMILES string of the molecule is CCOc1ccc(NC(=O)/C(C#N)=c2\s/c(=C/c3ccccc3)c(=O)n2-c2ccccc2)cc1.